The first-order valence-electron chi connectivity index (χ1n) is 4.38. The lowest BCUT2D eigenvalue weighted by atomic mass is 10.2. The fourth-order valence-electron chi connectivity index (χ4n) is 1.28. The van der Waals surface area contributed by atoms with Gasteiger partial charge in [-0.3, -0.25) is 4.68 Å². The van der Waals surface area contributed by atoms with Crippen LogP contribution in [0.3, 0.4) is 0 Å². The van der Waals surface area contributed by atoms with Gasteiger partial charge in [0.15, 0.2) is 0 Å². The second-order valence-electron chi connectivity index (χ2n) is 3.20. The lowest BCUT2D eigenvalue weighted by Gasteiger charge is -2.04. The minimum absolute atomic E-state index is 0.674. The summed E-state index contributed by atoms with van der Waals surface area (Å²) >= 11 is 15.1. The molecule has 0 unspecified atom stereocenters. The van der Waals surface area contributed by atoms with Gasteiger partial charge in [-0.05, 0) is 56.2 Å². The number of aromatic nitrogens is 2. The monoisotopic (exact) mass is 474 g/mol. The summed E-state index contributed by atoms with van der Waals surface area (Å²) in [7, 11) is 0. The summed E-state index contributed by atoms with van der Waals surface area (Å²) in [4.78, 5) is 0. The molecule has 0 saturated heterocycles. The van der Waals surface area contributed by atoms with Crippen LogP contribution in [0.25, 0.3) is 0 Å². The third-order valence-electron chi connectivity index (χ3n) is 2.02. The Morgan fingerprint density at radius 2 is 2.12 bits per heavy atom. The minimum Gasteiger partial charge on any atom is -0.266 e. The van der Waals surface area contributed by atoms with Crippen molar-refractivity contribution in [1.29, 1.82) is 0 Å². The predicted octanol–water partition coefficient (Wildman–Crippen LogP) is 4.71. The molecule has 0 N–H and O–H groups in total. The highest BCUT2D eigenvalue weighted by molar-refractivity contribution is 14.1. The molecule has 0 saturated carbocycles. The van der Waals surface area contributed by atoms with Crippen molar-refractivity contribution in [2.75, 3.05) is 0 Å². The fraction of sp³-hybridized carbons (Fsp3) is 0.100. The number of hydrogen-bond donors (Lipinski definition) is 0. The molecule has 1 heterocycles. The first-order chi connectivity index (χ1) is 7.56. The zero-order valence-corrected chi connectivity index (χ0v) is 14.0. The van der Waals surface area contributed by atoms with Gasteiger partial charge < -0.3 is 0 Å². The van der Waals surface area contributed by atoms with Crippen molar-refractivity contribution in [3.05, 3.63) is 47.6 Å². The van der Waals surface area contributed by atoms with Crippen LogP contribution in [-0.4, -0.2) is 9.78 Å². The van der Waals surface area contributed by atoms with Crippen LogP contribution in [0, 0.1) is 3.70 Å². The van der Waals surface area contributed by atoms with Crippen molar-refractivity contribution in [2.45, 2.75) is 6.54 Å². The zero-order chi connectivity index (χ0) is 11.7. The fourth-order valence-corrected chi connectivity index (χ4v) is 2.74. The molecule has 6 heteroatoms. The topological polar surface area (TPSA) is 17.8 Å². The van der Waals surface area contributed by atoms with Gasteiger partial charge in [0.25, 0.3) is 0 Å². The predicted molar refractivity (Wildman–Crippen MR) is 80.9 cm³/mol. The molecule has 2 aromatic rings. The Labute approximate surface area is 129 Å². The van der Waals surface area contributed by atoms with E-state index in [9.17, 15) is 0 Å². The van der Waals surface area contributed by atoms with Crippen LogP contribution in [-0.2, 0) is 6.54 Å². The van der Waals surface area contributed by atoms with Gasteiger partial charge >= 0.3 is 0 Å². The summed E-state index contributed by atoms with van der Waals surface area (Å²) in [5.74, 6) is 0. The summed E-state index contributed by atoms with van der Waals surface area (Å²) in [6, 6.07) is 5.86. The third kappa shape index (κ3) is 3.00. The quantitative estimate of drug-likeness (QED) is 0.574. The van der Waals surface area contributed by atoms with Crippen molar-refractivity contribution >= 4 is 66.1 Å². The van der Waals surface area contributed by atoms with Crippen molar-refractivity contribution in [3.63, 3.8) is 0 Å². The van der Waals surface area contributed by atoms with Gasteiger partial charge in [-0.25, -0.2) is 0 Å². The van der Waals surface area contributed by atoms with Gasteiger partial charge in [0, 0.05) is 15.7 Å². The maximum absolute atomic E-state index is 6.14. The molecule has 16 heavy (non-hydrogen) atoms. The maximum Gasteiger partial charge on any atom is 0.137 e. The average molecular weight is 476 g/mol. The average Bonchev–Trinajstić information content (AvgIpc) is 2.51. The first-order valence-corrected chi connectivity index (χ1v) is 7.43. The summed E-state index contributed by atoms with van der Waals surface area (Å²) in [6.07, 6.45) is 1.94. The van der Waals surface area contributed by atoms with Crippen molar-refractivity contribution in [3.8, 4) is 0 Å². The Balaban J connectivity index is 2.27. The van der Waals surface area contributed by atoms with Crippen LogP contribution in [0.1, 0.15) is 5.56 Å². The number of nitrogens with zero attached hydrogens (tertiary/aromatic N) is 2. The van der Waals surface area contributed by atoms with Gasteiger partial charge in [-0.15, -0.1) is 0 Å². The molecule has 2 nitrogen and oxygen atoms in total. The van der Waals surface area contributed by atoms with E-state index in [1.165, 1.54) is 0 Å². The molecular weight excluding hydrogens is 470 g/mol. The molecule has 0 aliphatic heterocycles. The molecule has 0 aliphatic carbocycles. The van der Waals surface area contributed by atoms with E-state index >= 15 is 0 Å². The number of halogens is 4. The Hall–Kier alpha value is 0.410. The summed E-state index contributed by atoms with van der Waals surface area (Å²) in [5.41, 5.74) is 1.05. The molecule has 0 aliphatic rings. The molecule has 0 fully saturated rings. The van der Waals surface area contributed by atoms with E-state index in [1.54, 1.807) is 0 Å². The van der Waals surface area contributed by atoms with E-state index in [1.807, 2.05) is 29.1 Å². The molecule has 1 aromatic carbocycles. The van der Waals surface area contributed by atoms with Crippen LogP contribution in [0.5, 0.6) is 0 Å². The van der Waals surface area contributed by atoms with E-state index < -0.39 is 0 Å². The Kier molecular flexibility index (Phi) is 4.32. The molecular formula is C10H6Br2ClIN2. The molecule has 2 rings (SSSR count). The maximum atomic E-state index is 6.14. The van der Waals surface area contributed by atoms with E-state index in [0.29, 0.717) is 6.54 Å². The Morgan fingerprint density at radius 3 is 2.69 bits per heavy atom. The lowest BCUT2D eigenvalue weighted by Crippen LogP contribution is -2.01. The number of rotatable bonds is 2. The van der Waals surface area contributed by atoms with Gasteiger partial charge in [-0.1, -0.05) is 33.6 Å². The van der Waals surface area contributed by atoms with E-state index in [2.05, 4.69) is 59.5 Å². The van der Waals surface area contributed by atoms with E-state index in [-0.39, 0.29) is 0 Å². The van der Waals surface area contributed by atoms with E-state index in [4.69, 9.17) is 11.6 Å². The van der Waals surface area contributed by atoms with E-state index in [0.717, 1.165) is 23.2 Å². The summed E-state index contributed by atoms with van der Waals surface area (Å²) in [5, 5.41) is 5.10. The minimum atomic E-state index is 0.674. The SMILES string of the molecule is Clc1cc(Br)ccc1Cn1cc(Br)c(I)n1. The van der Waals surface area contributed by atoms with Gasteiger partial charge in [0.05, 0.1) is 11.0 Å². The highest BCUT2D eigenvalue weighted by Crippen LogP contribution is 2.23. The second kappa shape index (κ2) is 5.37. The number of hydrogen-bond acceptors (Lipinski definition) is 1. The van der Waals surface area contributed by atoms with Crippen molar-refractivity contribution in [2.24, 2.45) is 0 Å². The van der Waals surface area contributed by atoms with Crippen LogP contribution in [0.4, 0.5) is 0 Å². The van der Waals surface area contributed by atoms with Crippen molar-refractivity contribution < 1.29 is 0 Å². The largest absolute Gasteiger partial charge is 0.266 e. The van der Waals surface area contributed by atoms with Gasteiger partial charge in [-0.2, -0.15) is 5.10 Å². The smallest absolute Gasteiger partial charge is 0.137 e. The molecule has 0 spiro atoms. The second-order valence-corrected chi connectivity index (χ2v) is 6.40. The normalized spacial score (nSPS) is 10.8. The Bertz CT molecular complexity index is 508. The summed E-state index contributed by atoms with van der Waals surface area (Å²) < 4.78 is 4.80. The number of benzene rings is 1. The van der Waals surface area contributed by atoms with Crippen LogP contribution in [0.15, 0.2) is 33.3 Å². The van der Waals surface area contributed by atoms with Gasteiger partial charge in [0.2, 0.25) is 0 Å². The van der Waals surface area contributed by atoms with Gasteiger partial charge in [0.1, 0.15) is 3.70 Å². The molecule has 0 radical (unpaired) electrons. The third-order valence-corrected chi connectivity index (χ3v) is 4.99. The van der Waals surface area contributed by atoms with Crippen LogP contribution >= 0.6 is 66.1 Å². The summed E-state index contributed by atoms with van der Waals surface area (Å²) in [6.45, 7) is 0.674. The first kappa shape index (κ1) is 12.9. The molecule has 0 amide bonds. The molecule has 1 aromatic heterocycles. The van der Waals surface area contributed by atoms with Crippen LogP contribution in [0.2, 0.25) is 5.02 Å². The molecule has 84 valence electrons. The lowest BCUT2D eigenvalue weighted by molar-refractivity contribution is 0.681. The Morgan fingerprint density at radius 1 is 1.38 bits per heavy atom. The van der Waals surface area contributed by atoms with Crippen LogP contribution < -0.4 is 0 Å². The highest BCUT2D eigenvalue weighted by atomic mass is 127. The zero-order valence-electron chi connectivity index (χ0n) is 7.92. The molecule has 0 atom stereocenters. The standard InChI is InChI=1S/C10H6Br2ClIN2/c11-7-2-1-6(9(13)3-7)4-16-5-8(12)10(14)15-16/h1-3,5H,4H2. The molecule has 0 bridgehead atoms. The van der Waals surface area contributed by atoms with Crippen molar-refractivity contribution in [1.82, 2.24) is 9.78 Å². The highest BCUT2D eigenvalue weighted by Gasteiger charge is 2.06.